The maximum atomic E-state index is 13.7. The molecule has 1 amide bonds. The highest BCUT2D eigenvalue weighted by atomic mass is 32.1. The highest BCUT2D eigenvalue weighted by Crippen LogP contribution is 2.41. The topological polar surface area (TPSA) is 77.8 Å². The Morgan fingerprint density at radius 3 is 2.60 bits per heavy atom. The van der Waals surface area contributed by atoms with Crippen LogP contribution in [0.3, 0.4) is 0 Å². The van der Waals surface area contributed by atoms with Gasteiger partial charge < -0.3 is 15.1 Å². The predicted molar refractivity (Wildman–Crippen MR) is 111 cm³/mol. The molecule has 1 fully saturated rings. The summed E-state index contributed by atoms with van der Waals surface area (Å²) < 4.78 is 13.7. The Labute approximate surface area is 176 Å². The largest absolute Gasteiger partial charge is 0.508 e. The average Bonchev–Trinajstić information content (AvgIpc) is 3.32. The lowest BCUT2D eigenvalue weighted by molar-refractivity contribution is -0.140. The van der Waals surface area contributed by atoms with E-state index in [0.717, 1.165) is 4.88 Å². The van der Waals surface area contributed by atoms with E-state index in [1.54, 1.807) is 19.1 Å². The Morgan fingerprint density at radius 2 is 1.93 bits per heavy atom. The van der Waals surface area contributed by atoms with E-state index in [9.17, 15) is 24.2 Å². The second-order valence-corrected chi connectivity index (χ2v) is 8.10. The van der Waals surface area contributed by atoms with Crippen LogP contribution in [0.4, 0.5) is 4.39 Å². The number of hydrogen-bond donors (Lipinski definition) is 2. The molecule has 7 heteroatoms. The van der Waals surface area contributed by atoms with Crippen molar-refractivity contribution >= 4 is 28.8 Å². The number of carbonyl (C=O) groups excluding carboxylic acids is 2. The molecule has 0 aliphatic carbocycles. The number of aryl methyl sites for hydroxylation is 1. The second-order valence-electron chi connectivity index (χ2n) is 7.07. The summed E-state index contributed by atoms with van der Waals surface area (Å²) in [7, 11) is 0. The van der Waals surface area contributed by atoms with Gasteiger partial charge in [-0.05, 0) is 59.8 Å². The third kappa shape index (κ3) is 3.48. The van der Waals surface area contributed by atoms with Gasteiger partial charge in [0.05, 0.1) is 18.2 Å². The standard InChI is InChI=1S/C23H18FNO4S/c1-13-10-15(7-8-18(13)24)21(27)19-20(14-4-2-5-16(26)11-14)25(23(29)22(19)28)12-17-6-3-9-30-17/h2-11,20,26-27H,12H2,1H3/b21-19-. The molecular formula is C23H18FNO4S. The fourth-order valence-corrected chi connectivity index (χ4v) is 4.31. The lowest BCUT2D eigenvalue weighted by Crippen LogP contribution is -2.28. The van der Waals surface area contributed by atoms with Crippen molar-refractivity contribution in [1.82, 2.24) is 4.90 Å². The molecule has 1 aliphatic rings. The molecule has 30 heavy (non-hydrogen) atoms. The Kier molecular flexibility index (Phi) is 5.13. The number of ketones is 1. The van der Waals surface area contributed by atoms with E-state index in [2.05, 4.69) is 0 Å². The molecule has 0 saturated carbocycles. The number of thiophene rings is 1. The summed E-state index contributed by atoms with van der Waals surface area (Å²) in [5, 5.41) is 22.8. The summed E-state index contributed by atoms with van der Waals surface area (Å²) in [6.45, 7) is 1.73. The molecule has 2 N–H and O–H groups in total. The van der Waals surface area contributed by atoms with Crippen LogP contribution in [0, 0.1) is 12.7 Å². The highest BCUT2D eigenvalue weighted by molar-refractivity contribution is 7.09. The van der Waals surface area contributed by atoms with Crippen LogP contribution in [0.15, 0.2) is 65.6 Å². The quantitative estimate of drug-likeness (QED) is 0.367. The van der Waals surface area contributed by atoms with Crippen LogP contribution in [-0.2, 0) is 16.1 Å². The normalized spacial score (nSPS) is 18.2. The zero-order valence-electron chi connectivity index (χ0n) is 16.0. The molecular weight excluding hydrogens is 405 g/mol. The number of Topliss-reactive ketones (excluding diaryl/α,β-unsaturated/α-hetero) is 1. The summed E-state index contributed by atoms with van der Waals surface area (Å²) >= 11 is 1.45. The molecule has 5 nitrogen and oxygen atoms in total. The Hall–Kier alpha value is -3.45. The van der Waals surface area contributed by atoms with Gasteiger partial charge in [0.15, 0.2) is 0 Å². The van der Waals surface area contributed by atoms with E-state index in [-0.39, 0.29) is 29.2 Å². The maximum Gasteiger partial charge on any atom is 0.295 e. The summed E-state index contributed by atoms with van der Waals surface area (Å²) in [6, 6.07) is 13.0. The first-order chi connectivity index (χ1) is 14.4. The summed E-state index contributed by atoms with van der Waals surface area (Å²) in [5.74, 6) is -2.39. The molecule has 2 aromatic carbocycles. The predicted octanol–water partition coefficient (Wildman–Crippen LogP) is 4.52. The van der Waals surface area contributed by atoms with Crippen molar-refractivity contribution < 1.29 is 24.2 Å². The lowest BCUT2D eigenvalue weighted by atomic mass is 9.94. The van der Waals surface area contributed by atoms with Crippen molar-refractivity contribution in [3.8, 4) is 5.75 Å². The van der Waals surface area contributed by atoms with Crippen molar-refractivity contribution in [2.75, 3.05) is 0 Å². The van der Waals surface area contributed by atoms with E-state index in [0.29, 0.717) is 11.1 Å². The third-order valence-corrected chi connectivity index (χ3v) is 5.92. The second kappa shape index (κ2) is 7.76. The first-order valence-electron chi connectivity index (χ1n) is 9.23. The Morgan fingerprint density at radius 1 is 1.13 bits per heavy atom. The fourth-order valence-electron chi connectivity index (χ4n) is 3.60. The number of carbonyl (C=O) groups is 2. The van der Waals surface area contributed by atoms with Gasteiger partial charge in [-0.2, -0.15) is 0 Å². The molecule has 1 atom stereocenters. The van der Waals surface area contributed by atoms with Crippen molar-refractivity contribution in [2.24, 2.45) is 0 Å². The number of phenols is 1. The minimum absolute atomic E-state index is 0.0214. The minimum atomic E-state index is -0.885. The molecule has 0 radical (unpaired) electrons. The summed E-state index contributed by atoms with van der Waals surface area (Å²) in [6.07, 6.45) is 0. The molecule has 1 unspecified atom stereocenters. The molecule has 1 aromatic heterocycles. The summed E-state index contributed by atoms with van der Waals surface area (Å²) in [4.78, 5) is 28.1. The van der Waals surface area contributed by atoms with Crippen molar-refractivity contribution in [1.29, 1.82) is 0 Å². The van der Waals surface area contributed by atoms with Crippen LogP contribution >= 0.6 is 11.3 Å². The van der Waals surface area contributed by atoms with Crippen LogP contribution in [0.1, 0.15) is 27.6 Å². The fraction of sp³-hybridized carbons (Fsp3) is 0.130. The van der Waals surface area contributed by atoms with Crippen molar-refractivity contribution in [2.45, 2.75) is 19.5 Å². The molecule has 1 saturated heterocycles. The number of aromatic hydroxyl groups is 1. The average molecular weight is 423 g/mol. The van der Waals surface area contributed by atoms with Crippen LogP contribution in [0.25, 0.3) is 5.76 Å². The molecule has 3 aromatic rings. The third-order valence-electron chi connectivity index (χ3n) is 5.06. The van der Waals surface area contributed by atoms with Gasteiger partial charge in [0.1, 0.15) is 17.3 Å². The van der Waals surface area contributed by atoms with E-state index < -0.39 is 23.5 Å². The molecule has 0 spiro atoms. The van der Waals surface area contributed by atoms with E-state index in [1.165, 1.54) is 46.6 Å². The Balaban J connectivity index is 1.89. The van der Waals surface area contributed by atoms with Crippen LogP contribution < -0.4 is 0 Å². The van der Waals surface area contributed by atoms with Crippen LogP contribution in [0.2, 0.25) is 0 Å². The van der Waals surface area contributed by atoms with Crippen molar-refractivity contribution in [3.63, 3.8) is 0 Å². The van der Waals surface area contributed by atoms with Crippen LogP contribution in [0.5, 0.6) is 5.75 Å². The lowest BCUT2D eigenvalue weighted by Gasteiger charge is -2.25. The van der Waals surface area contributed by atoms with Crippen LogP contribution in [-0.4, -0.2) is 26.8 Å². The first kappa shape index (κ1) is 19.8. The Bertz CT molecular complexity index is 1170. The number of phenolic OH excluding ortho intramolecular Hbond substituents is 1. The van der Waals surface area contributed by atoms with Gasteiger partial charge in [0.2, 0.25) is 0 Å². The SMILES string of the molecule is Cc1cc(/C(O)=C2/C(=O)C(=O)N(Cc3cccs3)C2c2cccc(O)c2)ccc1F. The van der Waals surface area contributed by atoms with Gasteiger partial charge in [-0.15, -0.1) is 11.3 Å². The maximum absolute atomic E-state index is 13.7. The number of halogens is 1. The van der Waals surface area contributed by atoms with Gasteiger partial charge in [0.25, 0.3) is 11.7 Å². The number of aliphatic hydroxyl groups excluding tert-OH is 1. The summed E-state index contributed by atoms with van der Waals surface area (Å²) in [5.41, 5.74) is 0.952. The highest BCUT2D eigenvalue weighted by Gasteiger charge is 2.46. The monoisotopic (exact) mass is 423 g/mol. The van der Waals surface area contributed by atoms with E-state index >= 15 is 0 Å². The van der Waals surface area contributed by atoms with Crippen molar-refractivity contribution in [3.05, 3.63) is 92.9 Å². The molecule has 4 rings (SSSR count). The smallest absolute Gasteiger partial charge is 0.295 e. The molecule has 1 aliphatic heterocycles. The van der Waals surface area contributed by atoms with Gasteiger partial charge in [-0.3, -0.25) is 9.59 Å². The minimum Gasteiger partial charge on any atom is -0.508 e. The van der Waals surface area contributed by atoms with E-state index in [4.69, 9.17) is 0 Å². The van der Waals surface area contributed by atoms with Gasteiger partial charge in [-0.1, -0.05) is 18.2 Å². The molecule has 152 valence electrons. The first-order valence-corrected chi connectivity index (χ1v) is 10.1. The zero-order chi connectivity index (χ0) is 21.4. The number of nitrogens with zero attached hydrogens (tertiary/aromatic N) is 1. The van der Waals surface area contributed by atoms with Gasteiger partial charge >= 0.3 is 0 Å². The van der Waals surface area contributed by atoms with E-state index in [1.807, 2.05) is 17.5 Å². The van der Waals surface area contributed by atoms with Gasteiger partial charge in [-0.25, -0.2) is 4.39 Å². The number of rotatable bonds is 4. The molecule has 0 bridgehead atoms. The number of likely N-dealkylation sites (tertiary alicyclic amines) is 1. The number of benzene rings is 2. The molecule has 2 heterocycles. The van der Waals surface area contributed by atoms with Gasteiger partial charge in [0, 0.05) is 10.4 Å². The number of hydrogen-bond acceptors (Lipinski definition) is 5. The number of aliphatic hydroxyl groups is 1. The number of amides is 1. The zero-order valence-corrected chi connectivity index (χ0v) is 16.8.